The topological polar surface area (TPSA) is 12.5 Å². The van der Waals surface area contributed by atoms with E-state index in [1.807, 2.05) is 11.8 Å². The van der Waals surface area contributed by atoms with Crippen molar-refractivity contribution in [2.75, 3.05) is 39.6 Å². The molecule has 0 amide bonds. The molecule has 0 heterocycles. The molecule has 1 aromatic rings. The number of nitrogens with zero attached hydrogens (tertiary/aromatic N) is 1. The minimum absolute atomic E-state index is 0.416. The van der Waals surface area contributed by atoms with E-state index >= 15 is 0 Å². The molecule has 0 aromatic heterocycles. The van der Waals surface area contributed by atoms with Gasteiger partial charge in [-0.25, -0.2) is 0 Å². The maximum atomic E-state index is 5.10. The first-order valence-electron chi connectivity index (χ1n) is 5.71. The number of hydrogen-bond donors (Lipinski definition) is 0. The predicted molar refractivity (Wildman–Crippen MR) is 79.3 cm³/mol. The van der Waals surface area contributed by atoms with Gasteiger partial charge in [0.15, 0.2) is 0 Å². The lowest BCUT2D eigenvalue weighted by Crippen LogP contribution is -2.30. The molecule has 0 spiro atoms. The molecule has 96 valence electrons. The molecule has 1 rings (SSSR count). The van der Waals surface area contributed by atoms with Gasteiger partial charge in [-0.3, -0.25) is 0 Å². The maximum absolute atomic E-state index is 5.10. The van der Waals surface area contributed by atoms with Crippen molar-refractivity contribution in [3.8, 4) is 0 Å². The molecule has 1 atom stereocenters. The predicted octanol–water partition coefficient (Wildman–Crippen LogP) is 3.12. The van der Waals surface area contributed by atoms with Gasteiger partial charge in [0.2, 0.25) is 0 Å². The van der Waals surface area contributed by atoms with Crippen molar-refractivity contribution in [2.24, 2.45) is 0 Å². The molecule has 2 nitrogen and oxygen atoms in total. The first kappa shape index (κ1) is 15.0. The molecule has 0 bridgehead atoms. The van der Waals surface area contributed by atoms with Gasteiger partial charge in [0.05, 0.1) is 11.4 Å². The quantitative estimate of drug-likeness (QED) is 0.540. The SMILES string of the molecule is COCC(Br)CN(C)CCSc1ccccc1. The molecule has 0 aliphatic heterocycles. The van der Waals surface area contributed by atoms with Crippen molar-refractivity contribution in [3.05, 3.63) is 30.3 Å². The monoisotopic (exact) mass is 317 g/mol. The van der Waals surface area contributed by atoms with Gasteiger partial charge in [-0.2, -0.15) is 0 Å². The minimum atomic E-state index is 0.416. The number of hydrogen-bond acceptors (Lipinski definition) is 3. The molecule has 0 saturated carbocycles. The number of alkyl halides is 1. The normalized spacial score (nSPS) is 12.9. The molecule has 1 aromatic carbocycles. The van der Waals surface area contributed by atoms with Crippen LogP contribution in [0.15, 0.2) is 35.2 Å². The zero-order valence-corrected chi connectivity index (χ0v) is 12.8. The van der Waals surface area contributed by atoms with Crippen LogP contribution in [0, 0.1) is 0 Å². The highest BCUT2D eigenvalue weighted by molar-refractivity contribution is 9.09. The zero-order valence-electron chi connectivity index (χ0n) is 10.4. The van der Waals surface area contributed by atoms with Crippen molar-refractivity contribution in [2.45, 2.75) is 9.72 Å². The van der Waals surface area contributed by atoms with Crippen LogP contribution in [0.1, 0.15) is 0 Å². The van der Waals surface area contributed by atoms with Crippen molar-refractivity contribution in [3.63, 3.8) is 0 Å². The van der Waals surface area contributed by atoms with E-state index in [1.165, 1.54) is 4.90 Å². The Kier molecular flexibility index (Phi) is 7.93. The van der Waals surface area contributed by atoms with E-state index in [0.717, 1.165) is 25.4 Å². The highest BCUT2D eigenvalue weighted by Crippen LogP contribution is 2.16. The Hall–Kier alpha value is -0.0300. The van der Waals surface area contributed by atoms with Crippen molar-refractivity contribution in [1.29, 1.82) is 0 Å². The van der Waals surface area contributed by atoms with E-state index in [-0.39, 0.29) is 0 Å². The molecular formula is C13H20BrNOS. The van der Waals surface area contributed by atoms with Gasteiger partial charge in [-0.15, -0.1) is 11.8 Å². The van der Waals surface area contributed by atoms with Crippen LogP contribution in [-0.4, -0.2) is 49.3 Å². The molecule has 0 aliphatic carbocycles. The second-order valence-corrected chi connectivity index (χ2v) is 6.44. The van der Waals surface area contributed by atoms with Gasteiger partial charge < -0.3 is 9.64 Å². The Balaban J connectivity index is 2.14. The average Bonchev–Trinajstić information content (AvgIpc) is 2.30. The Bertz CT molecular complexity index is 297. The van der Waals surface area contributed by atoms with E-state index in [4.69, 9.17) is 4.74 Å². The van der Waals surface area contributed by atoms with Gasteiger partial charge in [-0.05, 0) is 19.2 Å². The maximum Gasteiger partial charge on any atom is 0.0600 e. The Morgan fingerprint density at radius 1 is 1.35 bits per heavy atom. The van der Waals surface area contributed by atoms with E-state index in [1.54, 1.807) is 7.11 Å². The fraction of sp³-hybridized carbons (Fsp3) is 0.538. The molecule has 17 heavy (non-hydrogen) atoms. The fourth-order valence-corrected chi connectivity index (χ4v) is 3.25. The Labute approximate surface area is 117 Å². The lowest BCUT2D eigenvalue weighted by molar-refractivity contribution is 0.187. The lowest BCUT2D eigenvalue weighted by Gasteiger charge is -2.19. The molecule has 0 N–H and O–H groups in total. The summed E-state index contributed by atoms with van der Waals surface area (Å²) in [4.78, 5) is 4.08. The van der Waals surface area contributed by atoms with Crippen LogP contribution in [-0.2, 0) is 4.74 Å². The van der Waals surface area contributed by atoms with Crippen molar-refractivity contribution in [1.82, 2.24) is 4.90 Å². The molecular weight excluding hydrogens is 298 g/mol. The van der Waals surface area contributed by atoms with Gasteiger partial charge in [-0.1, -0.05) is 34.1 Å². The third-order valence-electron chi connectivity index (χ3n) is 2.34. The van der Waals surface area contributed by atoms with Gasteiger partial charge in [0.25, 0.3) is 0 Å². The summed E-state index contributed by atoms with van der Waals surface area (Å²) in [5.74, 6) is 1.12. The van der Waals surface area contributed by atoms with Crippen LogP contribution in [0.25, 0.3) is 0 Å². The van der Waals surface area contributed by atoms with Crippen LogP contribution in [0.4, 0.5) is 0 Å². The van der Waals surface area contributed by atoms with Gasteiger partial charge in [0.1, 0.15) is 0 Å². The lowest BCUT2D eigenvalue weighted by atomic mass is 10.4. The number of thioether (sulfide) groups is 1. The summed E-state index contributed by atoms with van der Waals surface area (Å²) in [5.41, 5.74) is 0. The largest absolute Gasteiger partial charge is 0.383 e. The summed E-state index contributed by atoms with van der Waals surface area (Å²) in [7, 11) is 3.88. The summed E-state index contributed by atoms with van der Waals surface area (Å²) >= 11 is 5.50. The molecule has 0 aliphatic rings. The number of ether oxygens (including phenoxy) is 1. The highest BCUT2D eigenvalue weighted by Gasteiger charge is 2.07. The van der Waals surface area contributed by atoms with Crippen LogP contribution in [0.3, 0.4) is 0 Å². The zero-order chi connectivity index (χ0) is 12.5. The number of methoxy groups -OCH3 is 1. The van der Waals surface area contributed by atoms with Crippen LogP contribution in [0.2, 0.25) is 0 Å². The smallest absolute Gasteiger partial charge is 0.0600 e. The minimum Gasteiger partial charge on any atom is -0.383 e. The second-order valence-electron chi connectivity index (χ2n) is 3.98. The fourth-order valence-electron chi connectivity index (χ4n) is 1.50. The Morgan fingerprint density at radius 2 is 2.06 bits per heavy atom. The number of rotatable bonds is 8. The summed E-state index contributed by atoms with van der Waals surface area (Å²) in [6, 6.07) is 10.5. The van der Waals surface area contributed by atoms with E-state index < -0.39 is 0 Å². The van der Waals surface area contributed by atoms with Crippen LogP contribution >= 0.6 is 27.7 Å². The summed E-state index contributed by atoms with van der Waals surface area (Å²) in [5, 5.41) is 0. The van der Waals surface area contributed by atoms with E-state index in [2.05, 4.69) is 58.2 Å². The van der Waals surface area contributed by atoms with E-state index in [0.29, 0.717) is 4.83 Å². The van der Waals surface area contributed by atoms with Crippen LogP contribution < -0.4 is 0 Å². The molecule has 4 heteroatoms. The highest BCUT2D eigenvalue weighted by atomic mass is 79.9. The molecule has 1 unspecified atom stereocenters. The first-order valence-corrected chi connectivity index (χ1v) is 7.62. The third kappa shape index (κ3) is 7.09. The summed E-state index contributed by atoms with van der Waals surface area (Å²) < 4.78 is 5.10. The Morgan fingerprint density at radius 3 is 2.71 bits per heavy atom. The molecule has 0 fully saturated rings. The standard InChI is InChI=1S/C13H20BrNOS/c1-15(10-12(14)11-16-2)8-9-17-13-6-4-3-5-7-13/h3-7,12H,8-11H2,1-2H3. The summed E-state index contributed by atoms with van der Waals surface area (Å²) in [6.07, 6.45) is 0. The summed E-state index contributed by atoms with van der Waals surface area (Å²) in [6.45, 7) is 2.87. The number of benzene rings is 1. The average molecular weight is 318 g/mol. The van der Waals surface area contributed by atoms with Crippen LogP contribution in [0.5, 0.6) is 0 Å². The van der Waals surface area contributed by atoms with Gasteiger partial charge in [0, 0.05) is 30.8 Å². The van der Waals surface area contributed by atoms with Gasteiger partial charge >= 0.3 is 0 Å². The third-order valence-corrected chi connectivity index (χ3v) is 3.89. The van der Waals surface area contributed by atoms with Crippen molar-refractivity contribution < 1.29 is 4.74 Å². The second kappa shape index (κ2) is 8.97. The van der Waals surface area contributed by atoms with Crippen molar-refractivity contribution >= 4 is 27.7 Å². The number of halogens is 1. The molecule has 0 saturated heterocycles. The first-order chi connectivity index (χ1) is 8.22. The van der Waals surface area contributed by atoms with E-state index in [9.17, 15) is 0 Å². The molecule has 0 radical (unpaired) electrons.